The first kappa shape index (κ1) is 12.4. The van der Waals surface area contributed by atoms with Gasteiger partial charge in [0.1, 0.15) is 0 Å². The molecule has 0 aromatic heterocycles. The zero-order valence-electron chi connectivity index (χ0n) is 9.53. The maximum atomic E-state index is 11.3. The van der Waals surface area contributed by atoms with Crippen LogP contribution >= 0.6 is 0 Å². The van der Waals surface area contributed by atoms with E-state index in [-0.39, 0.29) is 11.9 Å². The number of likely N-dealkylation sites (N-methyl/N-ethyl adjacent to an activating group) is 1. The lowest BCUT2D eigenvalue weighted by atomic mass is 9.99. The molecule has 1 unspecified atom stereocenters. The maximum absolute atomic E-state index is 11.3. The molecule has 1 aliphatic heterocycles. The van der Waals surface area contributed by atoms with Crippen LogP contribution in [0.5, 0.6) is 0 Å². The smallest absolute Gasteiger partial charge is 0.250 e. The lowest BCUT2D eigenvalue weighted by Crippen LogP contribution is -2.47. The molecule has 0 radical (unpaired) electrons. The van der Waals surface area contributed by atoms with Gasteiger partial charge in [-0.25, -0.2) is 5.84 Å². The van der Waals surface area contributed by atoms with Crippen LogP contribution in [0, 0.1) is 5.92 Å². The van der Waals surface area contributed by atoms with E-state index in [0.717, 1.165) is 32.6 Å². The van der Waals surface area contributed by atoms with Gasteiger partial charge in [-0.3, -0.25) is 15.1 Å². The Labute approximate surface area is 90.9 Å². The molecule has 15 heavy (non-hydrogen) atoms. The van der Waals surface area contributed by atoms with E-state index < -0.39 is 0 Å². The summed E-state index contributed by atoms with van der Waals surface area (Å²) in [7, 11) is 1.95. The zero-order chi connectivity index (χ0) is 11.3. The standard InChI is InChI=1S/C10H21N3O2/c1-8(10(14)12-11)13(2)7-9-3-5-15-6-4-9/h8-9H,3-7,11H2,1-2H3,(H,12,14). The Kier molecular flexibility index (Phi) is 5.01. The molecule has 0 bridgehead atoms. The van der Waals surface area contributed by atoms with Crippen LogP contribution < -0.4 is 11.3 Å². The predicted octanol–water partition coefficient (Wildman–Crippen LogP) is -0.277. The van der Waals surface area contributed by atoms with E-state index in [1.807, 2.05) is 18.9 Å². The van der Waals surface area contributed by atoms with Crippen molar-refractivity contribution in [2.45, 2.75) is 25.8 Å². The van der Waals surface area contributed by atoms with Crippen LogP contribution in [-0.4, -0.2) is 43.7 Å². The highest BCUT2D eigenvalue weighted by molar-refractivity contribution is 5.80. The highest BCUT2D eigenvalue weighted by Crippen LogP contribution is 2.16. The van der Waals surface area contributed by atoms with Gasteiger partial charge in [-0.15, -0.1) is 0 Å². The highest BCUT2D eigenvalue weighted by Gasteiger charge is 2.21. The first-order valence-corrected chi connectivity index (χ1v) is 5.43. The molecule has 88 valence electrons. The minimum atomic E-state index is -0.169. The first-order valence-electron chi connectivity index (χ1n) is 5.43. The minimum Gasteiger partial charge on any atom is -0.381 e. The molecule has 0 spiro atoms. The van der Waals surface area contributed by atoms with E-state index in [1.54, 1.807) is 0 Å². The normalized spacial score (nSPS) is 20.3. The van der Waals surface area contributed by atoms with Crippen molar-refractivity contribution in [2.24, 2.45) is 11.8 Å². The van der Waals surface area contributed by atoms with Crippen LogP contribution in [0.4, 0.5) is 0 Å². The molecule has 1 heterocycles. The van der Waals surface area contributed by atoms with Crippen molar-refractivity contribution in [3.63, 3.8) is 0 Å². The Morgan fingerprint density at radius 1 is 1.60 bits per heavy atom. The molecule has 1 atom stereocenters. The molecule has 5 heteroatoms. The summed E-state index contributed by atoms with van der Waals surface area (Å²) in [6.45, 7) is 4.48. The lowest BCUT2D eigenvalue weighted by molar-refractivity contribution is -0.125. The van der Waals surface area contributed by atoms with Crippen molar-refractivity contribution in [1.82, 2.24) is 10.3 Å². The SMILES string of the molecule is CC(C(=O)NN)N(C)CC1CCOCC1. The summed E-state index contributed by atoms with van der Waals surface area (Å²) in [5.74, 6) is 5.60. The van der Waals surface area contributed by atoms with Crippen molar-refractivity contribution in [1.29, 1.82) is 0 Å². The zero-order valence-corrected chi connectivity index (χ0v) is 9.53. The van der Waals surface area contributed by atoms with Crippen molar-refractivity contribution < 1.29 is 9.53 Å². The van der Waals surface area contributed by atoms with Gasteiger partial charge >= 0.3 is 0 Å². The number of ether oxygens (including phenoxy) is 1. The molecule has 1 amide bonds. The molecule has 0 aromatic carbocycles. The largest absolute Gasteiger partial charge is 0.381 e. The summed E-state index contributed by atoms with van der Waals surface area (Å²) >= 11 is 0. The van der Waals surface area contributed by atoms with Crippen LogP contribution in [-0.2, 0) is 9.53 Å². The van der Waals surface area contributed by atoms with Gasteiger partial charge in [0.25, 0.3) is 5.91 Å². The molecule has 0 saturated carbocycles. The Balaban J connectivity index is 2.32. The van der Waals surface area contributed by atoms with Gasteiger partial charge in [-0.2, -0.15) is 0 Å². The van der Waals surface area contributed by atoms with E-state index in [1.165, 1.54) is 0 Å². The van der Waals surface area contributed by atoms with Crippen molar-refractivity contribution >= 4 is 5.91 Å². The van der Waals surface area contributed by atoms with Gasteiger partial charge < -0.3 is 4.74 Å². The van der Waals surface area contributed by atoms with Crippen molar-refractivity contribution in [2.75, 3.05) is 26.8 Å². The maximum Gasteiger partial charge on any atom is 0.250 e. The number of carbonyl (C=O) groups is 1. The topological polar surface area (TPSA) is 67.6 Å². The number of carbonyl (C=O) groups excluding carboxylic acids is 1. The average molecular weight is 215 g/mol. The van der Waals surface area contributed by atoms with Gasteiger partial charge in [0.05, 0.1) is 6.04 Å². The number of amides is 1. The van der Waals surface area contributed by atoms with Gasteiger partial charge in [-0.1, -0.05) is 0 Å². The number of hydrazine groups is 1. The molecule has 3 N–H and O–H groups in total. The fourth-order valence-corrected chi connectivity index (χ4v) is 1.82. The average Bonchev–Trinajstić information content (AvgIpc) is 2.28. The second-order valence-corrected chi connectivity index (χ2v) is 4.18. The van der Waals surface area contributed by atoms with E-state index in [2.05, 4.69) is 5.43 Å². The molecule has 1 saturated heterocycles. The van der Waals surface area contributed by atoms with Gasteiger partial charge in [0.2, 0.25) is 0 Å². The summed E-state index contributed by atoms with van der Waals surface area (Å²) in [5.41, 5.74) is 2.18. The molecule has 1 fully saturated rings. The van der Waals surface area contributed by atoms with Crippen molar-refractivity contribution in [3.05, 3.63) is 0 Å². The second kappa shape index (κ2) is 6.05. The van der Waals surface area contributed by atoms with Crippen LogP contribution in [0.1, 0.15) is 19.8 Å². The Hall–Kier alpha value is -0.650. The first-order chi connectivity index (χ1) is 7.15. The monoisotopic (exact) mass is 215 g/mol. The van der Waals surface area contributed by atoms with E-state index in [4.69, 9.17) is 10.6 Å². The fraction of sp³-hybridized carbons (Fsp3) is 0.900. The molecular formula is C10H21N3O2. The third-order valence-corrected chi connectivity index (χ3v) is 3.07. The quantitative estimate of drug-likeness (QED) is 0.384. The fourth-order valence-electron chi connectivity index (χ4n) is 1.82. The Morgan fingerprint density at radius 3 is 2.73 bits per heavy atom. The summed E-state index contributed by atoms with van der Waals surface area (Å²) in [4.78, 5) is 13.3. The number of nitrogens with one attached hydrogen (secondary N) is 1. The number of rotatable bonds is 4. The van der Waals surface area contributed by atoms with Crippen LogP contribution in [0.2, 0.25) is 0 Å². The number of hydrogen-bond donors (Lipinski definition) is 2. The number of nitrogens with zero attached hydrogens (tertiary/aromatic N) is 1. The highest BCUT2D eigenvalue weighted by atomic mass is 16.5. The van der Waals surface area contributed by atoms with Gasteiger partial charge in [0.15, 0.2) is 0 Å². The summed E-state index contributed by atoms with van der Waals surface area (Å²) in [5, 5.41) is 0. The molecule has 0 aromatic rings. The van der Waals surface area contributed by atoms with E-state index >= 15 is 0 Å². The number of nitrogens with two attached hydrogens (primary N) is 1. The predicted molar refractivity (Wildman–Crippen MR) is 58.0 cm³/mol. The third kappa shape index (κ3) is 3.77. The Morgan fingerprint density at radius 2 is 2.20 bits per heavy atom. The summed E-state index contributed by atoms with van der Waals surface area (Å²) in [6.07, 6.45) is 2.17. The lowest BCUT2D eigenvalue weighted by Gasteiger charge is -2.29. The van der Waals surface area contributed by atoms with Crippen LogP contribution in [0.25, 0.3) is 0 Å². The third-order valence-electron chi connectivity index (χ3n) is 3.07. The number of hydrogen-bond acceptors (Lipinski definition) is 4. The second-order valence-electron chi connectivity index (χ2n) is 4.18. The summed E-state index contributed by atoms with van der Waals surface area (Å²) < 4.78 is 5.29. The van der Waals surface area contributed by atoms with Crippen molar-refractivity contribution in [3.8, 4) is 0 Å². The van der Waals surface area contributed by atoms with Crippen LogP contribution in [0.3, 0.4) is 0 Å². The van der Waals surface area contributed by atoms with E-state index in [0.29, 0.717) is 5.92 Å². The van der Waals surface area contributed by atoms with E-state index in [9.17, 15) is 4.79 Å². The minimum absolute atomic E-state index is 0.135. The molecule has 1 aliphatic rings. The Bertz CT molecular complexity index is 205. The molecular weight excluding hydrogens is 194 g/mol. The molecule has 5 nitrogen and oxygen atoms in total. The molecule has 0 aliphatic carbocycles. The van der Waals surface area contributed by atoms with Gasteiger partial charge in [-0.05, 0) is 32.7 Å². The van der Waals surface area contributed by atoms with Gasteiger partial charge in [0, 0.05) is 19.8 Å². The van der Waals surface area contributed by atoms with Crippen LogP contribution in [0.15, 0.2) is 0 Å². The molecule has 1 rings (SSSR count). The summed E-state index contributed by atoms with van der Waals surface area (Å²) in [6, 6.07) is -0.169.